The van der Waals surface area contributed by atoms with E-state index in [0.29, 0.717) is 0 Å². The van der Waals surface area contributed by atoms with Crippen LogP contribution >= 0.6 is 0 Å². The van der Waals surface area contributed by atoms with Gasteiger partial charge in [-0.05, 0) is 56.2 Å². The Balaban J connectivity index is 1.75. The third-order valence-corrected chi connectivity index (χ3v) is 5.85. The molecule has 1 aliphatic rings. The Morgan fingerprint density at radius 3 is 2.50 bits per heavy atom. The lowest BCUT2D eigenvalue weighted by Crippen LogP contribution is -2.51. The SMILES string of the molecule is CC(C)(CNS(=O)(=O)c1ccc(F)cc1)N1CCc2ccccc21. The van der Waals surface area contributed by atoms with E-state index in [1.807, 2.05) is 26.0 Å². The van der Waals surface area contributed by atoms with E-state index < -0.39 is 15.8 Å². The summed E-state index contributed by atoms with van der Waals surface area (Å²) in [7, 11) is -3.66. The molecule has 128 valence electrons. The van der Waals surface area contributed by atoms with Crippen LogP contribution in [0.4, 0.5) is 10.1 Å². The molecule has 0 radical (unpaired) electrons. The van der Waals surface area contributed by atoms with Crippen molar-refractivity contribution in [2.45, 2.75) is 30.7 Å². The van der Waals surface area contributed by atoms with Crippen molar-refractivity contribution < 1.29 is 12.8 Å². The zero-order valence-electron chi connectivity index (χ0n) is 13.8. The van der Waals surface area contributed by atoms with E-state index in [-0.39, 0.29) is 17.0 Å². The van der Waals surface area contributed by atoms with Gasteiger partial charge in [0.25, 0.3) is 0 Å². The minimum atomic E-state index is -3.66. The quantitative estimate of drug-likeness (QED) is 0.904. The van der Waals surface area contributed by atoms with Gasteiger partial charge in [-0.2, -0.15) is 0 Å². The molecule has 2 aromatic carbocycles. The number of benzene rings is 2. The molecule has 0 amide bonds. The molecule has 0 aliphatic carbocycles. The molecule has 0 atom stereocenters. The predicted molar refractivity (Wildman–Crippen MR) is 93.2 cm³/mol. The van der Waals surface area contributed by atoms with E-state index in [0.717, 1.165) is 30.8 Å². The highest BCUT2D eigenvalue weighted by molar-refractivity contribution is 7.89. The first-order valence-electron chi connectivity index (χ1n) is 7.90. The van der Waals surface area contributed by atoms with E-state index in [9.17, 15) is 12.8 Å². The Hall–Kier alpha value is -1.92. The summed E-state index contributed by atoms with van der Waals surface area (Å²) in [6.07, 6.45) is 0.963. The van der Waals surface area contributed by atoms with Gasteiger partial charge in [-0.1, -0.05) is 18.2 Å². The maximum atomic E-state index is 13.0. The van der Waals surface area contributed by atoms with E-state index in [1.54, 1.807) is 0 Å². The molecule has 0 saturated heterocycles. The topological polar surface area (TPSA) is 49.4 Å². The molecule has 1 heterocycles. The Labute approximate surface area is 142 Å². The number of anilines is 1. The number of sulfonamides is 1. The van der Waals surface area contributed by atoms with Gasteiger partial charge in [0.15, 0.2) is 0 Å². The fourth-order valence-corrected chi connectivity index (χ4v) is 4.24. The normalized spacial score (nSPS) is 14.7. The third kappa shape index (κ3) is 3.30. The fourth-order valence-electron chi connectivity index (χ4n) is 3.03. The Kier molecular flexibility index (Phi) is 4.36. The van der Waals surface area contributed by atoms with E-state index in [2.05, 4.69) is 21.8 Å². The molecular formula is C18H21FN2O2S. The molecular weight excluding hydrogens is 327 g/mol. The van der Waals surface area contributed by atoms with Crippen LogP contribution in [-0.2, 0) is 16.4 Å². The monoisotopic (exact) mass is 348 g/mol. The number of para-hydroxylation sites is 1. The van der Waals surface area contributed by atoms with E-state index in [4.69, 9.17) is 0 Å². The lowest BCUT2D eigenvalue weighted by atomic mass is 10.0. The standard InChI is InChI=1S/C18H21FN2O2S/c1-18(2,21-12-11-14-5-3-4-6-17(14)21)13-20-24(22,23)16-9-7-15(19)8-10-16/h3-10,20H,11-13H2,1-2H3. The molecule has 0 aromatic heterocycles. The number of hydrogen-bond donors (Lipinski definition) is 1. The van der Waals surface area contributed by atoms with Crippen LogP contribution in [0, 0.1) is 5.82 Å². The van der Waals surface area contributed by atoms with Gasteiger partial charge in [0.05, 0.1) is 4.90 Å². The molecule has 24 heavy (non-hydrogen) atoms. The Morgan fingerprint density at radius 2 is 1.79 bits per heavy atom. The first-order valence-corrected chi connectivity index (χ1v) is 9.39. The molecule has 0 unspecified atom stereocenters. The van der Waals surface area contributed by atoms with Gasteiger partial charge in [0.1, 0.15) is 5.82 Å². The summed E-state index contributed by atoms with van der Waals surface area (Å²) in [5.74, 6) is -0.456. The molecule has 1 aliphatic heterocycles. The number of fused-ring (bicyclic) bond motifs is 1. The van der Waals surface area contributed by atoms with Crippen LogP contribution in [0.1, 0.15) is 19.4 Å². The summed E-state index contributed by atoms with van der Waals surface area (Å²) >= 11 is 0. The highest BCUT2D eigenvalue weighted by Crippen LogP contribution is 2.33. The van der Waals surface area contributed by atoms with Crippen LogP contribution in [-0.4, -0.2) is 27.0 Å². The average molecular weight is 348 g/mol. The molecule has 0 fully saturated rings. The van der Waals surface area contributed by atoms with Gasteiger partial charge in [-0.15, -0.1) is 0 Å². The second-order valence-corrected chi connectivity index (χ2v) is 8.39. The molecule has 6 heteroatoms. The van der Waals surface area contributed by atoms with Crippen molar-refractivity contribution in [2.75, 3.05) is 18.0 Å². The highest BCUT2D eigenvalue weighted by Gasteiger charge is 2.33. The molecule has 4 nitrogen and oxygen atoms in total. The van der Waals surface area contributed by atoms with Crippen LogP contribution in [0.2, 0.25) is 0 Å². The maximum Gasteiger partial charge on any atom is 0.240 e. The maximum absolute atomic E-state index is 13.0. The average Bonchev–Trinajstić information content (AvgIpc) is 2.99. The minimum absolute atomic E-state index is 0.0709. The number of rotatable bonds is 5. The van der Waals surface area contributed by atoms with Crippen molar-refractivity contribution in [1.29, 1.82) is 0 Å². The lowest BCUT2D eigenvalue weighted by molar-refractivity contribution is 0.459. The van der Waals surface area contributed by atoms with Gasteiger partial charge in [0, 0.05) is 24.3 Å². The van der Waals surface area contributed by atoms with Crippen molar-refractivity contribution in [3.63, 3.8) is 0 Å². The van der Waals surface area contributed by atoms with Crippen molar-refractivity contribution in [2.24, 2.45) is 0 Å². The lowest BCUT2D eigenvalue weighted by Gasteiger charge is -2.38. The summed E-state index contributed by atoms with van der Waals surface area (Å²) < 4.78 is 40.4. The first kappa shape index (κ1) is 16.9. The number of hydrogen-bond acceptors (Lipinski definition) is 3. The highest BCUT2D eigenvalue weighted by atomic mass is 32.2. The van der Waals surface area contributed by atoms with E-state index >= 15 is 0 Å². The largest absolute Gasteiger partial charge is 0.365 e. The molecule has 2 aromatic rings. The molecule has 0 bridgehead atoms. The Morgan fingerprint density at radius 1 is 1.12 bits per heavy atom. The molecule has 1 N–H and O–H groups in total. The van der Waals surface area contributed by atoms with Crippen LogP contribution in [0.3, 0.4) is 0 Å². The van der Waals surface area contributed by atoms with Crippen molar-refractivity contribution in [3.05, 3.63) is 59.9 Å². The number of nitrogens with one attached hydrogen (secondary N) is 1. The van der Waals surface area contributed by atoms with Crippen molar-refractivity contribution >= 4 is 15.7 Å². The molecule has 0 spiro atoms. The third-order valence-electron chi connectivity index (χ3n) is 4.44. The minimum Gasteiger partial charge on any atom is -0.365 e. The second kappa shape index (κ2) is 6.18. The summed E-state index contributed by atoms with van der Waals surface area (Å²) in [6.45, 7) is 5.16. The molecule has 3 rings (SSSR count). The van der Waals surface area contributed by atoms with Crippen LogP contribution in [0.25, 0.3) is 0 Å². The fraction of sp³-hybridized carbons (Fsp3) is 0.333. The summed E-state index contributed by atoms with van der Waals surface area (Å²) in [6, 6.07) is 13.0. The van der Waals surface area contributed by atoms with Gasteiger partial charge < -0.3 is 4.90 Å². The summed E-state index contributed by atoms with van der Waals surface area (Å²) in [5.41, 5.74) is 2.06. The van der Waals surface area contributed by atoms with Crippen molar-refractivity contribution in [3.8, 4) is 0 Å². The zero-order chi connectivity index (χ0) is 17.4. The summed E-state index contributed by atoms with van der Waals surface area (Å²) in [4.78, 5) is 2.30. The molecule has 0 saturated carbocycles. The van der Waals surface area contributed by atoms with Gasteiger partial charge in [-0.25, -0.2) is 17.5 Å². The van der Waals surface area contributed by atoms with Crippen molar-refractivity contribution in [1.82, 2.24) is 4.72 Å². The van der Waals surface area contributed by atoms with Crippen LogP contribution in [0.5, 0.6) is 0 Å². The smallest absolute Gasteiger partial charge is 0.240 e. The number of nitrogens with zero attached hydrogens (tertiary/aromatic N) is 1. The van der Waals surface area contributed by atoms with Gasteiger partial charge in [-0.3, -0.25) is 0 Å². The van der Waals surface area contributed by atoms with E-state index in [1.165, 1.54) is 17.7 Å². The summed E-state index contributed by atoms with van der Waals surface area (Å²) in [5, 5.41) is 0. The first-order chi connectivity index (χ1) is 11.3. The second-order valence-electron chi connectivity index (χ2n) is 6.62. The van der Waals surface area contributed by atoms with Gasteiger partial charge in [0.2, 0.25) is 10.0 Å². The predicted octanol–water partition coefficient (Wildman–Crippen LogP) is 2.95. The van der Waals surface area contributed by atoms with Crippen LogP contribution < -0.4 is 9.62 Å². The Bertz CT molecular complexity index is 832. The number of halogens is 1. The zero-order valence-corrected chi connectivity index (χ0v) is 14.6. The van der Waals surface area contributed by atoms with Gasteiger partial charge >= 0.3 is 0 Å². The van der Waals surface area contributed by atoms with Crippen LogP contribution in [0.15, 0.2) is 53.4 Å².